The van der Waals surface area contributed by atoms with E-state index in [0.717, 1.165) is 16.4 Å². The molecule has 0 aliphatic heterocycles. The second kappa shape index (κ2) is 6.32. The van der Waals surface area contributed by atoms with E-state index in [2.05, 4.69) is 31.2 Å². The van der Waals surface area contributed by atoms with E-state index >= 15 is 0 Å². The number of benzene rings is 1. The molecule has 3 nitrogen and oxygen atoms in total. The monoisotopic (exact) mass is 363 g/mol. The topological polar surface area (TPSA) is 37.8 Å². The fourth-order valence-electron chi connectivity index (χ4n) is 1.84. The van der Waals surface area contributed by atoms with E-state index in [1.54, 1.807) is 18.3 Å². The molecular formula is C15H11BrFN3S. The first-order valence-corrected chi connectivity index (χ1v) is 7.95. The van der Waals surface area contributed by atoms with Crippen LogP contribution in [-0.4, -0.2) is 9.97 Å². The zero-order valence-corrected chi connectivity index (χ0v) is 13.3. The number of anilines is 1. The van der Waals surface area contributed by atoms with Gasteiger partial charge < -0.3 is 5.32 Å². The van der Waals surface area contributed by atoms with Crippen LogP contribution in [0.2, 0.25) is 0 Å². The van der Waals surface area contributed by atoms with E-state index in [0.29, 0.717) is 16.7 Å². The maximum atomic E-state index is 13.7. The molecule has 0 radical (unpaired) electrons. The van der Waals surface area contributed by atoms with Crippen molar-refractivity contribution in [1.82, 2.24) is 9.97 Å². The Kier molecular flexibility index (Phi) is 4.26. The zero-order chi connectivity index (χ0) is 14.7. The summed E-state index contributed by atoms with van der Waals surface area (Å²) in [5.74, 6) is -0.287. The minimum atomic E-state index is -0.287. The Hall–Kier alpha value is -1.79. The Morgan fingerprint density at radius 1 is 1.19 bits per heavy atom. The lowest BCUT2D eigenvalue weighted by molar-refractivity contribution is 0.629. The van der Waals surface area contributed by atoms with Crippen molar-refractivity contribution in [3.05, 3.63) is 64.0 Å². The number of rotatable bonds is 4. The third-order valence-corrected chi connectivity index (χ3v) is 4.42. The highest BCUT2D eigenvalue weighted by molar-refractivity contribution is 9.10. The molecule has 1 N–H and O–H groups in total. The molecule has 2 heterocycles. The van der Waals surface area contributed by atoms with Gasteiger partial charge in [0.05, 0.1) is 23.6 Å². The highest BCUT2D eigenvalue weighted by Gasteiger charge is 2.08. The standard InChI is InChI=1S/C15H11BrFN3S/c16-11-4-3-5-12(17)14(11)19-8-10-9-21-15(20-10)13-6-1-2-7-18-13/h1-7,9,19H,8H2. The number of aromatic nitrogens is 2. The molecule has 0 atom stereocenters. The number of thiazole rings is 1. The van der Waals surface area contributed by atoms with Crippen LogP contribution in [0.4, 0.5) is 10.1 Å². The summed E-state index contributed by atoms with van der Waals surface area (Å²) in [6, 6.07) is 10.6. The summed E-state index contributed by atoms with van der Waals surface area (Å²) >= 11 is 4.86. The van der Waals surface area contributed by atoms with E-state index in [4.69, 9.17) is 0 Å². The average Bonchev–Trinajstić information content (AvgIpc) is 2.97. The first-order valence-electron chi connectivity index (χ1n) is 6.28. The van der Waals surface area contributed by atoms with Gasteiger partial charge in [-0.2, -0.15) is 0 Å². The van der Waals surface area contributed by atoms with E-state index < -0.39 is 0 Å². The van der Waals surface area contributed by atoms with Gasteiger partial charge in [-0.1, -0.05) is 12.1 Å². The van der Waals surface area contributed by atoms with Crippen LogP contribution in [0.25, 0.3) is 10.7 Å². The Bertz CT molecular complexity index is 725. The van der Waals surface area contributed by atoms with Gasteiger partial charge in [0, 0.05) is 16.0 Å². The van der Waals surface area contributed by atoms with Crippen LogP contribution in [0, 0.1) is 5.82 Å². The predicted molar refractivity (Wildman–Crippen MR) is 86.8 cm³/mol. The Labute approximate surface area is 134 Å². The molecule has 0 saturated heterocycles. The molecule has 0 aliphatic rings. The summed E-state index contributed by atoms with van der Waals surface area (Å²) in [4.78, 5) is 8.78. The van der Waals surface area contributed by atoms with Crippen molar-refractivity contribution in [1.29, 1.82) is 0 Å². The Morgan fingerprint density at radius 3 is 2.86 bits per heavy atom. The molecule has 0 unspecified atom stereocenters. The normalized spacial score (nSPS) is 10.6. The van der Waals surface area contributed by atoms with Crippen molar-refractivity contribution >= 4 is 33.0 Å². The zero-order valence-electron chi connectivity index (χ0n) is 10.9. The van der Waals surface area contributed by atoms with Crippen molar-refractivity contribution in [2.45, 2.75) is 6.54 Å². The highest BCUT2D eigenvalue weighted by Crippen LogP contribution is 2.26. The van der Waals surface area contributed by atoms with Crippen LogP contribution in [0.3, 0.4) is 0 Å². The molecule has 6 heteroatoms. The number of hydrogen-bond acceptors (Lipinski definition) is 4. The largest absolute Gasteiger partial charge is 0.376 e. The first-order chi connectivity index (χ1) is 10.2. The second-order valence-corrected chi connectivity index (χ2v) is 6.02. The number of nitrogens with zero attached hydrogens (tertiary/aromatic N) is 2. The van der Waals surface area contributed by atoms with E-state index in [1.165, 1.54) is 17.4 Å². The van der Waals surface area contributed by atoms with Crippen LogP contribution >= 0.6 is 27.3 Å². The summed E-state index contributed by atoms with van der Waals surface area (Å²) < 4.78 is 14.4. The van der Waals surface area contributed by atoms with Crippen molar-refractivity contribution in [3.63, 3.8) is 0 Å². The smallest absolute Gasteiger partial charge is 0.147 e. The molecule has 1 aromatic carbocycles. The molecule has 0 saturated carbocycles. The van der Waals surface area contributed by atoms with Gasteiger partial charge in [0.2, 0.25) is 0 Å². The van der Waals surface area contributed by atoms with Gasteiger partial charge in [-0.05, 0) is 40.2 Å². The number of hydrogen-bond donors (Lipinski definition) is 1. The molecule has 0 amide bonds. The molecule has 0 spiro atoms. The average molecular weight is 364 g/mol. The summed E-state index contributed by atoms with van der Waals surface area (Å²) in [7, 11) is 0. The lowest BCUT2D eigenvalue weighted by Gasteiger charge is -2.07. The van der Waals surface area contributed by atoms with Crippen molar-refractivity contribution in [2.24, 2.45) is 0 Å². The van der Waals surface area contributed by atoms with Crippen LogP contribution < -0.4 is 5.32 Å². The maximum Gasteiger partial charge on any atom is 0.147 e. The first kappa shape index (κ1) is 14.2. The van der Waals surface area contributed by atoms with E-state index in [9.17, 15) is 4.39 Å². The van der Waals surface area contributed by atoms with E-state index in [-0.39, 0.29) is 5.82 Å². The SMILES string of the molecule is Fc1cccc(Br)c1NCc1csc(-c2ccccn2)n1. The lowest BCUT2D eigenvalue weighted by Crippen LogP contribution is -2.02. The number of nitrogens with one attached hydrogen (secondary N) is 1. The van der Waals surface area contributed by atoms with Crippen LogP contribution in [0.1, 0.15) is 5.69 Å². The predicted octanol–water partition coefficient (Wildman–Crippen LogP) is 4.72. The van der Waals surface area contributed by atoms with Crippen LogP contribution in [-0.2, 0) is 6.54 Å². The molecule has 21 heavy (non-hydrogen) atoms. The van der Waals surface area contributed by atoms with Gasteiger partial charge in [-0.15, -0.1) is 11.3 Å². The van der Waals surface area contributed by atoms with Gasteiger partial charge in [-0.25, -0.2) is 9.37 Å². The van der Waals surface area contributed by atoms with Gasteiger partial charge in [-0.3, -0.25) is 4.98 Å². The summed E-state index contributed by atoms with van der Waals surface area (Å²) in [5.41, 5.74) is 2.15. The molecule has 0 aliphatic carbocycles. The molecule has 106 valence electrons. The molecule has 3 rings (SSSR count). The fraction of sp³-hybridized carbons (Fsp3) is 0.0667. The Morgan fingerprint density at radius 2 is 2.10 bits per heavy atom. The van der Waals surface area contributed by atoms with Gasteiger partial charge in [0.1, 0.15) is 10.8 Å². The molecular weight excluding hydrogens is 353 g/mol. The molecule has 2 aromatic heterocycles. The summed E-state index contributed by atoms with van der Waals surface area (Å²) in [6.07, 6.45) is 1.74. The third-order valence-electron chi connectivity index (χ3n) is 2.84. The molecule has 0 fully saturated rings. The second-order valence-electron chi connectivity index (χ2n) is 4.31. The number of halogens is 2. The third kappa shape index (κ3) is 3.28. The number of para-hydroxylation sites is 1. The van der Waals surface area contributed by atoms with Gasteiger partial charge >= 0.3 is 0 Å². The molecule has 3 aromatic rings. The van der Waals surface area contributed by atoms with Crippen molar-refractivity contribution in [3.8, 4) is 10.7 Å². The summed E-state index contributed by atoms with van der Waals surface area (Å²) in [6.45, 7) is 0.461. The van der Waals surface area contributed by atoms with Gasteiger partial charge in [0.15, 0.2) is 0 Å². The van der Waals surface area contributed by atoms with Crippen LogP contribution in [0.5, 0.6) is 0 Å². The highest BCUT2D eigenvalue weighted by atomic mass is 79.9. The molecule has 0 bridgehead atoms. The maximum absolute atomic E-state index is 13.7. The van der Waals surface area contributed by atoms with Crippen molar-refractivity contribution < 1.29 is 4.39 Å². The quantitative estimate of drug-likeness (QED) is 0.728. The Balaban J connectivity index is 1.74. The minimum absolute atomic E-state index is 0.287. The van der Waals surface area contributed by atoms with E-state index in [1.807, 2.05) is 23.6 Å². The van der Waals surface area contributed by atoms with Gasteiger partial charge in [0.25, 0.3) is 0 Å². The number of pyridine rings is 1. The van der Waals surface area contributed by atoms with Crippen molar-refractivity contribution in [2.75, 3.05) is 5.32 Å². The fourth-order valence-corrected chi connectivity index (χ4v) is 3.12. The minimum Gasteiger partial charge on any atom is -0.376 e. The summed E-state index contributed by atoms with van der Waals surface area (Å²) in [5, 5.41) is 5.88. The lowest BCUT2D eigenvalue weighted by atomic mass is 10.3. The van der Waals surface area contributed by atoms with Crippen LogP contribution in [0.15, 0.2) is 52.4 Å².